The van der Waals surface area contributed by atoms with Gasteiger partial charge in [0.25, 0.3) is 5.91 Å². The summed E-state index contributed by atoms with van der Waals surface area (Å²) in [5.41, 5.74) is 0. The zero-order valence-electron chi connectivity index (χ0n) is 16.6. The number of nitrogens with zero attached hydrogens (tertiary/aromatic N) is 5. The summed E-state index contributed by atoms with van der Waals surface area (Å²) in [4.78, 5) is 30.7. The molecular formula is C21H27N5O2S. The molecule has 0 aromatic carbocycles. The van der Waals surface area contributed by atoms with Crippen molar-refractivity contribution in [3.63, 3.8) is 0 Å². The van der Waals surface area contributed by atoms with E-state index >= 15 is 0 Å². The summed E-state index contributed by atoms with van der Waals surface area (Å²) in [7, 11) is 0. The van der Waals surface area contributed by atoms with Gasteiger partial charge in [-0.25, -0.2) is 0 Å². The summed E-state index contributed by atoms with van der Waals surface area (Å²) in [5.74, 6) is 1.49. The summed E-state index contributed by atoms with van der Waals surface area (Å²) in [6.07, 6.45) is 8.07. The summed E-state index contributed by atoms with van der Waals surface area (Å²) < 4.78 is 2.22. The minimum atomic E-state index is -0.0901. The molecule has 154 valence electrons. The number of hydrogen-bond acceptors (Lipinski definition) is 5. The molecular weight excluding hydrogens is 386 g/mol. The van der Waals surface area contributed by atoms with E-state index in [4.69, 9.17) is 0 Å². The van der Waals surface area contributed by atoms with Gasteiger partial charge in [-0.15, -0.1) is 21.5 Å². The van der Waals surface area contributed by atoms with Crippen molar-refractivity contribution in [2.24, 2.45) is 5.92 Å². The van der Waals surface area contributed by atoms with E-state index in [-0.39, 0.29) is 23.7 Å². The Labute approximate surface area is 174 Å². The van der Waals surface area contributed by atoms with Crippen molar-refractivity contribution >= 4 is 23.2 Å². The van der Waals surface area contributed by atoms with Crippen LogP contribution in [0.1, 0.15) is 66.0 Å². The third-order valence-electron chi connectivity index (χ3n) is 6.43. The molecule has 2 unspecified atom stereocenters. The van der Waals surface area contributed by atoms with Crippen LogP contribution >= 0.6 is 11.3 Å². The monoisotopic (exact) mass is 413 g/mol. The van der Waals surface area contributed by atoms with Crippen molar-refractivity contribution in [2.45, 2.75) is 50.5 Å². The first-order valence-electron chi connectivity index (χ1n) is 10.7. The number of piperidine rings is 2. The fraction of sp³-hybridized carbons (Fsp3) is 0.619. The smallest absolute Gasteiger partial charge is 0.263 e. The van der Waals surface area contributed by atoms with Crippen molar-refractivity contribution in [3.8, 4) is 0 Å². The lowest BCUT2D eigenvalue weighted by Crippen LogP contribution is -2.49. The molecule has 2 aromatic rings. The highest BCUT2D eigenvalue weighted by Crippen LogP contribution is 2.38. The number of aromatic nitrogens is 3. The molecule has 0 bridgehead atoms. The molecule has 0 radical (unpaired) electrons. The molecule has 0 spiro atoms. The molecule has 0 N–H and O–H groups in total. The SMILES string of the molecule is O=C(c1cccs1)N1CCCC(C(=O)N2CCCC(c3nncn3C3CC3)C2)C1. The Bertz CT molecular complexity index is 876. The van der Waals surface area contributed by atoms with Gasteiger partial charge < -0.3 is 14.4 Å². The van der Waals surface area contributed by atoms with Crippen molar-refractivity contribution in [1.29, 1.82) is 0 Å². The topological polar surface area (TPSA) is 71.3 Å². The molecule has 1 saturated carbocycles. The highest BCUT2D eigenvalue weighted by molar-refractivity contribution is 7.12. The number of likely N-dealkylation sites (tertiary alicyclic amines) is 2. The van der Waals surface area contributed by atoms with Crippen LogP contribution in [0.4, 0.5) is 0 Å². The highest BCUT2D eigenvalue weighted by atomic mass is 32.1. The van der Waals surface area contributed by atoms with E-state index in [9.17, 15) is 9.59 Å². The lowest BCUT2D eigenvalue weighted by molar-refractivity contribution is -0.138. The van der Waals surface area contributed by atoms with Crippen molar-refractivity contribution in [2.75, 3.05) is 26.2 Å². The summed E-state index contributed by atoms with van der Waals surface area (Å²) in [6.45, 7) is 2.81. The molecule has 2 aliphatic heterocycles. The van der Waals surface area contributed by atoms with Crippen LogP contribution in [0.15, 0.2) is 23.8 Å². The molecule has 8 heteroatoms. The third kappa shape index (κ3) is 3.82. The van der Waals surface area contributed by atoms with Gasteiger partial charge in [-0.3, -0.25) is 9.59 Å². The van der Waals surface area contributed by atoms with Gasteiger partial charge in [0.05, 0.1) is 10.8 Å². The summed E-state index contributed by atoms with van der Waals surface area (Å²) >= 11 is 1.47. The van der Waals surface area contributed by atoms with Gasteiger partial charge in [0.2, 0.25) is 5.91 Å². The van der Waals surface area contributed by atoms with Crippen molar-refractivity contribution in [3.05, 3.63) is 34.5 Å². The Balaban J connectivity index is 1.25. The van der Waals surface area contributed by atoms with E-state index in [1.54, 1.807) is 0 Å². The molecule has 5 rings (SSSR count). The van der Waals surface area contributed by atoms with E-state index in [2.05, 4.69) is 14.8 Å². The van der Waals surface area contributed by atoms with E-state index in [0.717, 1.165) is 56.0 Å². The Hall–Kier alpha value is -2.22. The Morgan fingerprint density at radius 1 is 1.03 bits per heavy atom. The molecule has 2 atom stereocenters. The Morgan fingerprint density at radius 3 is 2.66 bits per heavy atom. The van der Waals surface area contributed by atoms with Crippen LogP contribution in [0.5, 0.6) is 0 Å². The number of rotatable bonds is 4. The van der Waals surface area contributed by atoms with Gasteiger partial charge in [-0.05, 0) is 50.0 Å². The number of carbonyl (C=O) groups is 2. The minimum Gasteiger partial charge on any atom is -0.342 e. The number of amides is 2. The molecule has 4 heterocycles. The van der Waals surface area contributed by atoms with Gasteiger partial charge >= 0.3 is 0 Å². The highest BCUT2D eigenvalue weighted by Gasteiger charge is 2.36. The first-order chi connectivity index (χ1) is 14.2. The molecule has 2 amide bonds. The minimum absolute atomic E-state index is 0.0616. The van der Waals surface area contributed by atoms with Crippen LogP contribution in [0.25, 0.3) is 0 Å². The molecule has 3 aliphatic rings. The normalized spacial score (nSPS) is 25.2. The second kappa shape index (κ2) is 7.89. The van der Waals surface area contributed by atoms with Gasteiger partial charge in [0.1, 0.15) is 12.2 Å². The van der Waals surface area contributed by atoms with Crippen LogP contribution < -0.4 is 0 Å². The van der Waals surface area contributed by atoms with E-state index in [1.165, 1.54) is 24.2 Å². The molecule has 2 aromatic heterocycles. The van der Waals surface area contributed by atoms with E-state index < -0.39 is 0 Å². The van der Waals surface area contributed by atoms with Crippen LogP contribution in [0.3, 0.4) is 0 Å². The van der Waals surface area contributed by atoms with E-state index in [1.807, 2.05) is 33.6 Å². The summed E-state index contributed by atoms with van der Waals surface area (Å²) in [6, 6.07) is 4.32. The maximum atomic E-state index is 13.3. The fourth-order valence-electron chi connectivity index (χ4n) is 4.74. The second-order valence-corrected chi connectivity index (χ2v) is 9.47. The van der Waals surface area contributed by atoms with Crippen LogP contribution in [0, 0.1) is 5.92 Å². The van der Waals surface area contributed by atoms with E-state index in [0.29, 0.717) is 12.6 Å². The maximum absolute atomic E-state index is 13.3. The average molecular weight is 414 g/mol. The Kier molecular flexibility index (Phi) is 5.11. The molecule has 3 fully saturated rings. The number of hydrogen-bond donors (Lipinski definition) is 0. The fourth-order valence-corrected chi connectivity index (χ4v) is 5.43. The lowest BCUT2D eigenvalue weighted by atomic mass is 9.92. The van der Waals surface area contributed by atoms with Gasteiger partial charge in [0, 0.05) is 38.1 Å². The summed E-state index contributed by atoms with van der Waals surface area (Å²) in [5, 5.41) is 10.5. The first-order valence-corrected chi connectivity index (χ1v) is 11.6. The quantitative estimate of drug-likeness (QED) is 0.773. The standard InChI is InChI=1S/C21H27N5O2S/c27-20(16-5-2-10-25(13-16)21(28)18-6-3-11-29-18)24-9-1-4-15(12-24)19-23-22-14-26(19)17-7-8-17/h3,6,11,14-17H,1-2,4-5,7-10,12-13H2. The first kappa shape index (κ1) is 18.8. The average Bonchev–Trinajstić information content (AvgIpc) is 3.26. The molecule has 2 saturated heterocycles. The van der Waals surface area contributed by atoms with Crippen molar-refractivity contribution in [1.82, 2.24) is 24.6 Å². The van der Waals surface area contributed by atoms with Crippen LogP contribution in [-0.2, 0) is 4.79 Å². The number of carbonyl (C=O) groups excluding carboxylic acids is 2. The molecule has 7 nitrogen and oxygen atoms in total. The van der Waals surface area contributed by atoms with Crippen LogP contribution in [0.2, 0.25) is 0 Å². The number of thiophene rings is 1. The third-order valence-corrected chi connectivity index (χ3v) is 7.29. The van der Waals surface area contributed by atoms with Crippen LogP contribution in [-0.4, -0.2) is 62.6 Å². The molecule has 1 aliphatic carbocycles. The predicted molar refractivity (Wildman–Crippen MR) is 110 cm³/mol. The van der Waals surface area contributed by atoms with Gasteiger partial charge in [-0.1, -0.05) is 6.07 Å². The zero-order valence-corrected chi connectivity index (χ0v) is 17.4. The van der Waals surface area contributed by atoms with Gasteiger partial charge in [-0.2, -0.15) is 0 Å². The molecule has 29 heavy (non-hydrogen) atoms. The van der Waals surface area contributed by atoms with Gasteiger partial charge in [0.15, 0.2) is 0 Å². The zero-order chi connectivity index (χ0) is 19.8. The maximum Gasteiger partial charge on any atom is 0.263 e. The Morgan fingerprint density at radius 2 is 1.86 bits per heavy atom. The second-order valence-electron chi connectivity index (χ2n) is 8.52. The lowest BCUT2D eigenvalue weighted by Gasteiger charge is -2.38. The van der Waals surface area contributed by atoms with Crippen molar-refractivity contribution < 1.29 is 9.59 Å². The largest absolute Gasteiger partial charge is 0.342 e. The predicted octanol–water partition coefficient (Wildman–Crippen LogP) is 2.93.